The van der Waals surface area contributed by atoms with Crippen LogP contribution in [0, 0.1) is 12.8 Å². The van der Waals surface area contributed by atoms with Gasteiger partial charge in [-0.2, -0.15) is 0 Å². The van der Waals surface area contributed by atoms with Crippen LogP contribution in [0.1, 0.15) is 24.7 Å². The average molecular weight is 164 g/mol. The summed E-state index contributed by atoms with van der Waals surface area (Å²) in [6, 6.07) is 0. The van der Waals surface area contributed by atoms with Crippen LogP contribution in [0.25, 0.3) is 0 Å². The van der Waals surface area contributed by atoms with Gasteiger partial charge in [0.25, 0.3) is 0 Å². The molecule has 0 bridgehead atoms. The highest BCUT2D eigenvalue weighted by atomic mass is 16.3. The SMILES string of the molecule is Cc1cnc(C2(O)CC2C)cn1. The van der Waals surface area contributed by atoms with Gasteiger partial charge >= 0.3 is 0 Å². The fourth-order valence-corrected chi connectivity index (χ4v) is 1.38. The molecule has 2 rings (SSSR count). The number of aryl methyl sites for hydroxylation is 1. The maximum absolute atomic E-state index is 9.86. The van der Waals surface area contributed by atoms with Gasteiger partial charge < -0.3 is 5.11 Å². The second-order valence-electron chi connectivity index (χ2n) is 3.57. The van der Waals surface area contributed by atoms with Gasteiger partial charge in [-0.1, -0.05) is 6.92 Å². The van der Waals surface area contributed by atoms with Crippen molar-refractivity contribution >= 4 is 0 Å². The number of hydrogen-bond donors (Lipinski definition) is 1. The number of aromatic nitrogens is 2. The first-order valence-corrected chi connectivity index (χ1v) is 4.14. The molecule has 1 saturated carbocycles. The topological polar surface area (TPSA) is 46.0 Å². The molecule has 1 aromatic rings. The average Bonchev–Trinajstić information content (AvgIpc) is 2.62. The summed E-state index contributed by atoms with van der Waals surface area (Å²) >= 11 is 0. The molecule has 0 aromatic carbocycles. The van der Waals surface area contributed by atoms with Gasteiger partial charge in [0.15, 0.2) is 0 Å². The van der Waals surface area contributed by atoms with Crippen molar-refractivity contribution in [2.24, 2.45) is 5.92 Å². The first kappa shape index (κ1) is 7.68. The van der Waals surface area contributed by atoms with E-state index in [4.69, 9.17) is 0 Å². The maximum Gasteiger partial charge on any atom is 0.111 e. The lowest BCUT2D eigenvalue weighted by Crippen LogP contribution is -2.10. The van der Waals surface area contributed by atoms with Crippen LogP contribution < -0.4 is 0 Å². The highest BCUT2D eigenvalue weighted by Crippen LogP contribution is 2.50. The maximum atomic E-state index is 9.86. The summed E-state index contributed by atoms with van der Waals surface area (Å²) in [5.74, 6) is 0.328. The zero-order valence-electron chi connectivity index (χ0n) is 7.28. The third-order valence-corrected chi connectivity index (χ3v) is 2.50. The minimum atomic E-state index is -0.680. The van der Waals surface area contributed by atoms with Gasteiger partial charge in [0, 0.05) is 6.20 Å². The largest absolute Gasteiger partial charge is 0.383 e. The van der Waals surface area contributed by atoms with Crippen LogP contribution >= 0.6 is 0 Å². The molecule has 64 valence electrons. The second-order valence-corrected chi connectivity index (χ2v) is 3.57. The molecule has 0 radical (unpaired) electrons. The van der Waals surface area contributed by atoms with Crippen molar-refractivity contribution < 1.29 is 5.11 Å². The minimum absolute atomic E-state index is 0.328. The lowest BCUT2D eigenvalue weighted by atomic mass is 10.2. The van der Waals surface area contributed by atoms with Gasteiger partial charge in [-0.15, -0.1) is 0 Å². The third-order valence-electron chi connectivity index (χ3n) is 2.50. The Hall–Kier alpha value is -0.960. The number of nitrogens with zero attached hydrogens (tertiary/aromatic N) is 2. The molecule has 0 spiro atoms. The van der Waals surface area contributed by atoms with E-state index in [1.165, 1.54) is 0 Å². The summed E-state index contributed by atoms with van der Waals surface area (Å²) in [6.07, 6.45) is 4.17. The molecule has 3 nitrogen and oxygen atoms in total. The summed E-state index contributed by atoms with van der Waals surface area (Å²) in [5.41, 5.74) is 0.914. The monoisotopic (exact) mass is 164 g/mol. The molecule has 1 fully saturated rings. The van der Waals surface area contributed by atoms with Gasteiger partial charge in [0.05, 0.1) is 17.6 Å². The van der Waals surface area contributed by atoms with E-state index >= 15 is 0 Å². The number of hydrogen-bond acceptors (Lipinski definition) is 3. The van der Waals surface area contributed by atoms with Crippen molar-refractivity contribution in [1.29, 1.82) is 0 Å². The second kappa shape index (κ2) is 2.26. The van der Waals surface area contributed by atoms with Gasteiger partial charge in [0.2, 0.25) is 0 Å². The van der Waals surface area contributed by atoms with Crippen LogP contribution in [0.15, 0.2) is 12.4 Å². The lowest BCUT2D eigenvalue weighted by molar-refractivity contribution is 0.129. The van der Waals surface area contributed by atoms with E-state index in [-0.39, 0.29) is 0 Å². The van der Waals surface area contributed by atoms with Crippen LogP contribution in [-0.4, -0.2) is 15.1 Å². The Balaban J connectivity index is 2.31. The van der Waals surface area contributed by atoms with Gasteiger partial charge in [-0.3, -0.25) is 9.97 Å². The van der Waals surface area contributed by atoms with E-state index in [0.29, 0.717) is 11.6 Å². The zero-order chi connectivity index (χ0) is 8.77. The van der Waals surface area contributed by atoms with Crippen molar-refractivity contribution in [3.63, 3.8) is 0 Å². The predicted octanol–water partition coefficient (Wildman–Crippen LogP) is 1.01. The van der Waals surface area contributed by atoms with E-state index < -0.39 is 5.60 Å². The van der Waals surface area contributed by atoms with E-state index in [0.717, 1.165) is 12.1 Å². The molecule has 0 aliphatic heterocycles. The predicted molar refractivity (Wildman–Crippen MR) is 44.4 cm³/mol. The third kappa shape index (κ3) is 1.01. The highest BCUT2D eigenvalue weighted by Gasteiger charge is 2.52. The molecule has 0 saturated heterocycles. The first-order chi connectivity index (χ1) is 5.63. The van der Waals surface area contributed by atoms with E-state index in [1.54, 1.807) is 12.4 Å². The smallest absolute Gasteiger partial charge is 0.111 e. The molecular formula is C9H12N2O. The summed E-state index contributed by atoms with van der Waals surface area (Å²) in [6.45, 7) is 3.90. The molecule has 1 aliphatic rings. The van der Waals surface area contributed by atoms with E-state index in [2.05, 4.69) is 9.97 Å². The highest BCUT2D eigenvalue weighted by molar-refractivity contribution is 5.19. The molecule has 1 heterocycles. The molecule has 1 aromatic heterocycles. The Kier molecular flexibility index (Phi) is 1.45. The molecule has 0 amide bonds. The van der Waals surface area contributed by atoms with Crippen LogP contribution in [0.3, 0.4) is 0 Å². The Morgan fingerprint density at radius 3 is 2.58 bits per heavy atom. The van der Waals surface area contributed by atoms with Crippen LogP contribution in [-0.2, 0) is 5.60 Å². The normalized spacial score (nSPS) is 33.4. The standard InChI is InChI=1S/C9H12N2O/c1-6-3-9(6,12)8-5-10-7(2)4-11-8/h4-6,12H,3H2,1-2H3. The molecule has 2 unspecified atom stereocenters. The van der Waals surface area contributed by atoms with Crippen molar-refractivity contribution in [2.45, 2.75) is 25.9 Å². The van der Waals surface area contributed by atoms with Crippen LogP contribution in [0.4, 0.5) is 0 Å². The molecule has 12 heavy (non-hydrogen) atoms. The number of aliphatic hydroxyl groups is 1. The summed E-state index contributed by atoms with van der Waals surface area (Å²) in [5, 5.41) is 9.86. The Morgan fingerprint density at radius 1 is 1.50 bits per heavy atom. The van der Waals surface area contributed by atoms with E-state index in [9.17, 15) is 5.11 Å². The zero-order valence-corrected chi connectivity index (χ0v) is 7.28. The van der Waals surface area contributed by atoms with Crippen molar-refractivity contribution in [3.8, 4) is 0 Å². The lowest BCUT2D eigenvalue weighted by Gasteiger charge is -2.06. The van der Waals surface area contributed by atoms with Crippen molar-refractivity contribution in [2.75, 3.05) is 0 Å². The molecule has 2 atom stereocenters. The Morgan fingerprint density at radius 2 is 2.17 bits per heavy atom. The van der Waals surface area contributed by atoms with Crippen molar-refractivity contribution in [3.05, 3.63) is 23.8 Å². The van der Waals surface area contributed by atoms with Crippen LogP contribution in [0.2, 0.25) is 0 Å². The van der Waals surface area contributed by atoms with Gasteiger partial charge in [-0.25, -0.2) is 0 Å². The molecule has 1 N–H and O–H groups in total. The Bertz CT molecular complexity index is 296. The molecule has 3 heteroatoms. The quantitative estimate of drug-likeness (QED) is 0.673. The fraction of sp³-hybridized carbons (Fsp3) is 0.556. The van der Waals surface area contributed by atoms with Gasteiger partial charge in [-0.05, 0) is 19.3 Å². The first-order valence-electron chi connectivity index (χ1n) is 4.14. The number of rotatable bonds is 1. The van der Waals surface area contributed by atoms with Crippen molar-refractivity contribution in [1.82, 2.24) is 9.97 Å². The van der Waals surface area contributed by atoms with Gasteiger partial charge in [0.1, 0.15) is 5.60 Å². The van der Waals surface area contributed by atoms with Crippen LogP contribution in [0.5, 0.6) is 0 Å². The van der Waals surface area contributed by atoms with E-state index in [1.807, 2.05) is 13.8 Å². The molecular weight excluding hydrogens is 152 g/mol. The fourth-order valence-electron chi connectivity index (χ4n) is 1.38. The molecule has 1 aliphatic carbocycles. The summed E-state index contributed by atoms with van der Waals surface area (Å²) < 4.78 is 0. The summed E-state index contributed by atoms with van der Waals surface area (Å²) in [4.78, 5) is 8.25. The summed E-state index contributed by atoms with van der Waals surface area (Å²) in [7, 11) is 0. The minimum Gasteiger partial charge on any atom is -0.383 e. The Labute approximate surface area is 71.5 Å².